The van der Waals surface area contributed by atoms with E-state index >= 15 is 0 Å². The second kappa shape index (κ2) is 7.57. The topological polar surface area (TPSA) is 104 Å². The Balaban J connectivity index is 1.51. The van der Waals surface area contributed by atoms with E-state index in [0.717, 1.165) is 23.1 Å². The van der Waals surface area contributed by atoms with Gasteiger partial charge in [-0.3, -0.25) is 9.52 Å². The molecular weight excluding hydrogens is 352 g/mol. The molecule has 0 atom stereocenters. The van der Waals surface area contributed by atoms with E-state index in [9.17, 15) is 13.2 Å². The van der Waals surface area contributed by atoms with Gasteiger partial charge in [0.05, 0.1) is 23.0 Å². The summed E-state index contributed by atoms with van der Waals surface area (Å²) in [5.74, 6) is 0.732. The van der Waals surface area contributed by atoms with Crippen molar-refractivity contribution >= 4 is 38.3 Å². The molecule has 1 amide bonds. The smallest absolute Gasteiger partial charge is 0.229 e. The molecule has 7 nitrogen and oxygen atoms in total. The van der Waals surface area contributed by atoms with Gasteiger partial charge in [-0.2, -0.15) is 0 Å². The van der Waals surface area contributed by atoms with E-state index in [2.05, 4.69) is 20.0 Å². The van der Waals surface area contributed by atoms with Crippen LogP contribution in [0.15, 0.2) is 48.5 Å². The van der Waals surface area contributed by atoms with Crippen LogP contribution in [-0.4, -0.2) is 30.5 Å². The van der Waals surface area contributed by atoms with E-state index in [4.69, 9.17) is 0 Å². The van der Waals surface area contributed by atoms with Gasteiger partial charge < -0.3 is 10.3 Å². The number of H-pyrrole nitrogens is 1. The molecule has 0 saturated heterocycles. The molecular formula is C18H20N4O3S. The summed E-state index contributed by atoms with van der Waals surface area (Å²) in [6.45, 7) is 0. The Kier molecular flexibility index (Phi) is 5.22. The zero-order valence-corrected chi connectivity index (χ0v) is 15.1. The Morgan fingerprint density at radius 1 is 1.12 bits per heavy atom. The molecule has 3 aromatic rings. The van der Waals surface area contributed by atoms with Gasteiger partial charge >= 0.3 is 0 Å². The number of anilines is 2. The second-order valence-electron chi connectivity index (χ2n) is 6.06. The first kappa shape index (κ1) is 17.9. The fraction of sp³-hybridized carbons (Fsp3) is 0.222. The van der Waals surface area contributed by atoms with E-state index in [1.165, 1.54) is 0 Å². The zero-order valence-electron chi connectivity index (χ0n) is 14.3. The van der Waals surface area contributed by atoms with Gasteiger partial charge in [0.2, 0.25) is 15.9 Å². The number of hydrogen-bond acceptors (Lipinski definition) is 4. The van der Waals surface area contributed by atoms with Crippen LogP contribution in [0.4, 0.5) is 11.4 Å². The zero-order chi connectivity index (χ0) is 18.6. The Labute approximate surface area is 151 Å². The molecule has 1 heterocycles. The fourth-order valence-electron chi connectivity index (χ4n) is 2.64. The van der Waals surface area contributed by atoms with Crippen molar-refractivity contribution in [3.8, 4) is 0 Å². The summed E-state index contributed by atoms with van der Waals surface area (Å²) in [6, 6.07) is 14.4. The van der Waals surface area contributed by atoms with Gasteiger partial charge in [0.1, 0.15) is 5.82 Å². The van der Waals surface area contributed by atoms with Crippen molar-refractivity contribution in [1.82, 2.24) is 9.97 Å². The fourth-order valence-corrected chi connectivity index (χ4v) is 3.19. The number of imidazole rings is 1. The lowest BCUT2D eigenvalue weighted by atomic mass is 10.2. The van der Waals surface area contributed by atoms with Crippen LogP contribution in [0.3, 0.4) is 0 Å². The number of para-hydroxylation sites is 2. The number of rotatable bonds is 7. The SMILES string of the molecule is CS(=O)(=O)Nc1cccc(NC(=O)CCCc2nc3ccccc3[nH]2)c1. The number of nitrogens with one attached hydrogen (secondary N) is 3. The molecule has 0 radical (unpaired) electrons. The highest BCUT2D eigenvalue weighted by Crippen LogP contribution is 2.17. The lowest BCUT2D eigenvalue weighted by molar-refractivity contribution is -0.116. The molecule has 0 unspecified atom stereocenters. The van der Waals surface area contributed by atoms with Gasteiger partial charge in [-0.25, -0.2) is 13.4 Å². The summed E-state index contributed by atoms with van der Waals surface area (Å²) in [7, 11) is -3.35. The molecule has 0 aliphatic rings. The Hall–Kier alpha value is -2.87. The van der Waals surface area contributed by atoms with E-state index in [-0.39, 0.29) is 5.91 Å². The number of amides is 1. The molecule has 26 heavy (non-hydrogen) atoms. The molecule has 2 aromatic carbocycles. The highest BCUT2D eigenvalue weighted by Gasteiger charge is 2.07. The first-order valence-electron chi connectivity index (χ1n) is 8.20. The van der Waals surface area contributed by atoms with E-state index in [1.807, 2.05) is 24.3 Å². The molecule has 8 heteroatoms. The number of aromatic amines is 1. The van der Waals surface area contributed by atoms with E-state index in [1.54, 1.807) is 24.3 Å². The number of nitrogens with zero attached hydrogens (tertiary/aromatic N) is 1. The molecule has 0 fully saturated rings. The highest BCUT2D eigenvalue weighted by molar-refractivity contribution is 7.92. The van der Waals surface area contributed by atoms with Crippen LogP contribution in [0, 0.1) is 0 Å². The largest absolute Gasteiger partial charge is 0.342 e. The van der Waals surface area contributed by atoms with E-state index < -0.39 is 10.0 Å². The van der Waals surface area contributed by atoms with Crippen LogP contribution in [-0.2, 0) is 21.2 Å². The van der Waals surface area contributed by atoms with Crippen molar-refractivity contribution in [3.05, 3.63) is 54.4 Å². The average Bonchev–Trinajstić information content (AvgIpc) is 2.96. The minimum Gasteiger partial charge on any atom is -0.342 e. The Bertz CT molecular complexity index is 995. The summed E-state index contributed by atoms with van der Waals surface area (Å²) in [5, 5.41) is 2.78. The van der Waals surface area contributed by atoms with Gasteiger partial charge in [0.25, 0.3) is 0 Å². The number of benzene rings is 2. The van der Waals surface area contributed by atoms with Gasteiger partial charge in [-0.1, -0.05) is 18.2 Å². The predicted molar refractivity (Wildman–Crippen MR) is 103 cm³/mol. The van der Waals surface area contributed by atoms with Crippen molar-refractivity contribution in [1.29, 1.82) is 0 Å². The molecule has 0 aliphatic heterocycles. The number of aryl methyl sites for hydroxylation is 1. The summed E-state index contributed by atoms with van der Waals surface area (Å²) >= 11 is 0. The quantitative estimate of drug-likeness (QED) is 0.593. The van der Waals surface area contributed by atoms with E-state index in [0.29, 0.717) is 30.6 Å². The Morgan fingerprint density at radius 2 is 1.88 bits per heavy atom. The lowest BCUT2D eigenvalue weighted by Gasteiger charge is -2.08. The predicted octanol–water partition coefficient (Wildman–Crippen LogP) is 2.90. The van der Waals surface area contributed by atoms with Crippen molar-refractivity contribution in [2.45, 2.75) is 19.3 Å². The first-order valence-corrected chi connectivity index (χ1v) is 10.1. The van der Waals surface area contributed by atoms with Crippen molar-refractivity contribution < 1.29 is 13.2 Å². The summed E-state index contributed by atoms with van der Waals surface area (Å²) in [5.41, 5.74) is 2.87. The molecule has 0 aliphatic carbocycles. The van der Waals surface area contributed by atoms with Gasteiger partial charge in [-0.05, 0) is 36.8 Å². The van der Waals surface area contributed by atoms with Crippen molar-refractivity contribution in [2.75, 3.05) is 16.3 Å². The van der Waals surface area contributed by atoms with Crippen LogP contribution in [0.2, 0.25) is 0 Å². The maximum absolute atomic E-state index is 12.1. The summed E-state index contributed by atoms with van der Waals surface area (Å²) < 4.78 is 24.9. The third-order valence-corrected chi connectivity index (χ3v) is 4.31. The highest BCUT2D eigenvalue weighted by atomic mass is 32.2. The number of fused-ring (bicyclic) bond motifs is 1. The second-order valence-corrected chi connectivity index (χ2v) is 7.81. The van der Waals surface area contributed by atoms with Crippen molar-refractivity contribution in [2.24, 2.45) is 0 Å². The molecule has 136 valence electrons. The standard InChI is InChI=1S/C18H20N4O3S/c1-26(24,25)22-14-7-4-6-13(12-14)19-18(23)11-5-10-17-20-15-8-2-3-9-16(15)21-17/h2-4,6-9,12,22H,5,10-11H2,1H3,(H,19,23)(H,20,21). The minimum atomic E-state index is -3.35. The van der Waals surface area contributed by atoms with Crippen LogP contribution < -0.4 is 10.0 Å². The molecule has 3 N–H and O–H groups in total. The van der Waals surface area contributed by atoms with Crippen LogP contribution >= 0.6 is 0 Å². The van der Waals surface area contributed by atoms with Crippen LogP contribution in [0.5, 0.6) is 0 Å². The first-order chi connectivity index (χ1) is 12.4. The number of carbonyl (C=O) groups is 1. The maximum Gasteiger partial charge on any atom is 0.229 e. The molecule has 0 bridgehead atoms. The van der Waals surface area contributed by atoms with Crippen molar-refractivity contribution in [3.63, 3.8) is 0 Å². The normalized spacial score (nSPS) is 11.4. The average molecular weight is 372 g/mol. The number of sulfonamides is 1. The number of carbonyl (C=O) groups excluding carboxylic acids is 1. The Morgan fingerprint density at radius 3 is 2.65 bits per heavy atom. The van der Waals surface area contributed by atoms with Gasteiger partial charge in [0, 0.05) is 18.5 Å². The third kappa shape index (κ3) is 5.06. The van der Waals surface area contributed by atoms with Crippen LogP contribution in [0.25, 0.3) is 11.0 Å². The molecule has 0 spiro atoms. The monoisotopic (exact) mass is 372 g/mol. The minimum absolute atomic E-state index is 0.127. The molecule has 0 saturated carbocycles. The van der Waals surface area contributed by atoms with Gasteiger partial charge in [-0.15, -0.1) is 0 Å². The summed E-state index contributed by atoms with van der Waals surface area (Å²) in [6.07, 6.45) is 2.77. The molecule has 1 aromatic heterocycles. The van der Waals surface area contributed by atoms with Crippen LogP contribution in [0.1, 0.15) is 18.7 Å². The maximum atomic E-state index is 12.1. The third-order valence-electron chi connectivity index (χ3n) is 3.71. The molecule has 3 rings (SSSR count). The number of hydrogen-bond donors (Lipinski definition) is 3. The van der Waals surface area contributed by atoms with Gasteiger partial charge in [0.15, 0.2) is 0 Å². The summed E-state index contributed by atoms with van der Waals surface area (Å²) in [4.78, 5) is 19.8. The number of aromatic nitrogens is 2. The lowest BCUT2D eigenvalue weighted by Crippen LogP contribution is -2.13.